The third kappa shape index (κ3) is 4.61. The average Bonchev–Trinajstić information content (AvgIpc) is 3.79. The topological polar surface area (TPSA) is 153 Å². The number of amides is 1. The predicted octanol–water partition coefficient (Wildman–Crippen LogP) is 2.22. The minimum absolute atomic E-state index is 0.0594. The third-order valence-electron chi connectivity index (χ3n) is 8.46. The molecule has 1 N–H and O–H groups in total. The third-order valence-corrected chi connectivity index (χ3v) is 8.46. The molecule has 4 heterocycles. The highest BCUT2D eigenvalue weighted by atomic mass is 16.7. The standard InChI is InChI=1S/C29H30N4O10/c1-37-22-7-15(8-23(38-2)27(22)34)24-17-9-20-21(43-14-42-20)10-18(17)26(19-13-40-28(35)25(19)24)33-11-16(30-31-33)12-41-29(36)32-3-5-39-6-4-32/h7-11,19,24-26,34H,3-6,12-14H2,1-2H3/t19-,24+,25-,26+/m0/s1. The summed E-state index contributed by atoms with van der Waals surface area (Å²) < 4.78 is 40.5. The maximum Gasteiger partial charge on any atom is 0.410 e. The lowest BCUT2D eigenvalue weighted by Gasteiger charge is -2.39. The van der Waals surface area contributed by atoms with Crippen molar-refractivity contribution in [3.05, 3.63) is 52.8 Å². The average molecular weight is 595 g/mol. The molecular weight excluding hydrogens is 564 g/mol. The van der Waals surface area contributed by atoms with Crippen LogP contribution in [-0.2, 0) is 25.6 Å². The quantitative estimate of drug-likeness (QED) is 0.417. The number of hydrogen-bond donors (Lipinski definition) is 1. The Hall–Kier alpha value is -4.72. The van der Waals surface area contributed by atoms with E-state index in [1.54, 1.807) is 27.9 Å². The SMILES string of the molecule is COc1cc([C@@H]2c3cc4c(cc3[C@@H](n3cc(COC(=O)N5CCOCC5)nn3)[C@H]3COC(=O)[C@H]23)OCO4)cc(OC)c1O. The van der Waals surface area contributed by atoms with Crippen molar-refractivity contribution in [3.8, 4) is 28.7 Å². The van der Waals surface area contributed by atoms with E-state index < -0.39 is 24.0 Å². The molecule has 1 aliphatic carbocycles. The van der Waals surface area contributed by atoms with Crippen LogP contribution in [0.3, 0.4) is 0 Å². The zero-order valence-corrected chi connectivity index (χ0v) is 23.6. The molecule has 4 aliphatic rings. The molecule has 14 heteroatoms. The number of methoxy groups -OCH3 is 2. The van der Waals surface area contributed by atoms with Gasteiger partial charge in [0.1, 0.15) is 12.3 Å². The molecule has 7 rings (SSSR count). The first kappa shape index (κ1) is 27.1. The number of nitrogens with zero attached hydrogens (tertiary/aromatic N) is 4. The van der Waals surface area contributed by atoms with E-state index >= 15 is 0 Å². The zero-order valence-electron chi connectivity index (χ0n) is 23.6. The first-order chi connectivity index (χ1) is 21.0. The summed E-state index contributed by atoms with van der Waals surface area (Å²) in [7, 11) is 2.91. The fourth-order valence-electron chi connectivity index (χ4n) is 6.45. The van der Waals surface area contributed by atoms with Crippen molar-refractivity contribution in [2.75, 3.05) is 53.9 Å². The number of benzene rings is 2. The molecule has 0 unspecified atom stereocenters. The lowest BCUT2D eigenvalue weighted by molar-refractivity contribution is -0.141. The van der Waals surface area contributed by atoms with E-state index in [9.17, 15) is 14.7 Å². The van der Waals surface area contributed by atoms with E-state index in [2.05, 4.69) is 10.3 Å². The number of morpholine rings is 1. The maximum absolute atomic E-state index is 13.4. The molecule has 226 valence electrons. The highest BCUT2D eigenvalue weighted by Gasteiger charge is 2.53. The van der Waals surface area contributed by atoms with Crippen molar-refractivity contribution < 1.29 is 47.9 Å². The van der Waals surface area contributed by atoms with E-state index in [4.69, 9.17) is 33.2 Å². The number of carbonyl (C=O) groups excluding carboxylic acids is 2. The van der Waals surface area contributed by atoms with Crippen LogP contribution in [0.5, 0.6) is 28.7 Å². The van der Waals surface area contributed by atoms with E-state index in [1.807, 2.05) is 12.1 Å². The molecule has 1 aromatic heterocycles. The Bertz CT molecular complexity index is 1540. The van der Waals surface area contributed by atoms with Gasteiger partial charge in [-0.1, -0.05) is 5.21 Å². The van der Waals surface area contributed by atoms with Gasteiger partial charge in [0, 0.05) is 24.9 Å². The van der Waals surface area contributed by atoms with Gasteiger partial charge < -0.3 is 43.2 Å². The number of hydrogen-bond acceptors (Lipinski definition) is 12. The molecule has 0 bridgehead atoms. The van der Waals surface area contributed by atoms with Gasteiger partial charge in [-0.05, 0) is 41.0 Å². The number of ether oxygens (including phenoxy) is 7. The number of phenols is 1. The van der Waals surface area contributed by atoms with E-state index in [0.717, 1.165) is 11.1 Å². The Morgan fingerprint density at radius 2 is 1.72 bits per heavy atom. The van der Waals surface area contributed by atoms with Gasteiger partial charge in [0.25, 0.3) is 0 Å². The summed E-state index contributed by atoms with van der Waals surface area (Å²) in [4.78, 5) is 27.5. The number of carbonyl (C=O) groups is 2. The van der Waals surface area contributed by atoms with Gasteiger partial charge in [0.2, 0.25) is 12.5 Å². The van der Waals surface area contributed by atoms with Gasteiger partial charge in [-0.2, -0.15) is 0 Å². The van der Waals surface area contributed by atoms with E-state index in [1.165, 1.54) is 14.2 Å². The van der Waals surface area contributed by atoms with Gasteiger partial charge >= 0.3 is 12.1 Å². The fraction of sp³-hybridized carbons (Fsp3) is 0.448. The number of fused-ring (bicyclic) bond motifs is 3. The van der Waals surface area contributed by atoms with Crippen LogP contribution in [0, 0.1) is 11.8 Å². The highest BCUT2D eigenvalue weighted by Crippen LogP contribution is 2.56. The summed E-state index contributed by atoms with van der Waals surface area (Å²) >= 11 is 0. The minimum atomic E-state index is -0.608. The second-order valence-electron chi connectivity index (χ2n) is 10.7. The number of aromatic nitrogens is 3. The second kappa shape index (κ2) is 10.8. The Morgan fingerprint density at radius 3 is 2.42 bits per heavy atom. The van der Waals surface area contributed by atoms with Crippen LogP contribution in [0.15, 0.2) is 30.5 Å². The molecule has 3 aliphatic heterocycles. The van der Waals surface area contributed by atoms with Crippen LogP contribution in [-0.4, -0.2) is 91.0 Å². The van der Waals surface area contributed by atoms with Crippen molar-refractivity contribution in [1.29, 1.82) is 0 Å². The largest absolute Gasteiger partial charge is 0.502 e. The molecule has 2 saturated heterocycles. The van der Waals surface area contributed by atoms with Crippen molar-refractivity contribution in [1.82, 2.24) is 19.9 Å². The number of aromatic hydroxyl groups is 1. The summed E-state index contributed by atoms with van der Waals surface area (Å²) in [6, 6.07) is 6.75. The summed E-state index contributed by atoms with van der Waals surface area (Å²) in [5, 5.41) is 19.3. The van der Waals surface area contributed by atoms with Gasteiger partial charge in [-0.25, -0.2) is 9.48 Å². The Morgan fingerprint density at radius 1 is 1.02 bits per heavy atom. The normalized spacial score (nSPS) is 23.8. The van der Waals surface area contributed by atoms with Crippen molar-refractivity contribution in [2.45, 2.75) is 18.6 Å². The molecule has 0 radical (unpaired) electrons. The van der Waals surface area contributed by atoms with Crippen molar-refractivity contribution >= 4 is 12.1 Å². The van der Waals surface area contributed by atoms with E-state index in [0.29, 0.717) is 49.1 Å². The first-order valence-electron chi connectivity index (χ1n) is 13.9. The van der Waals surface area contributed by atoms with Crippen LogP contribution in [0.4, 0.5) is 4.79 Å². The monoisotopic (exact) mass is 594 g/mol. The number of esters is 1. The molecule has 14 nitrogen and oxygen atoms in total. The molecule has 0 saturated carbocycles. The van der Waals surface area contributed by atoms with Gasteiger partial charge in [-0.3, -0.25) is 4.79 Å². The van der Waals surface area contributed by atoms with Gasteiger partial charge in [-0.15, -0.1) is 5.10 Å². The van der Waals surface area contributed by atoms with Crippen LogP contribution in [0.2, 0.25) is 0 Å². The molecule has 3 aromatic rings. The summed E-state index contributed by atoms with van der Waals surface area (Å²) in [6.07, 6.45) is 1.28. The van der Waals surface area contributed by atoms with Crippen LogP contribution in [0.25, 0.3) is 0 Å². The molecule has 1 amide bonds. The van der Waals surface area contributed by atoms with Gasteiger partial charge in [0.15, 0.2) is 23.0 Å². The molecule has 43 heavy (non-hydrogen) atoms. The van der Waals surface area contributed by atoms with Gasteiger partial charge in [0.05, 0.1) is 52.2 Å². The van der Waals surface area contributed by atoms with Crippen LogP contribution < -0.4 is 18.9 Å². The number of rotatable bonds is 6. The van der Waals surface area contributed by atoms with Crippen molar-refractivity contribution in [2.24, 2.45) is 11.8 Å². The maximum atomic E-state index is 13.4. The Balaban J connectivity index is 1.28. The van der Waals surface area contributed by atoms with Crippen LogP contribution >= 0.6 is 0 Å². The Kier molecular flexibility index (Phi) is 6.84. The first-order valence-corrected chi connectivity index (χ1v) is 13.9. The molecule has 0 spiro atoms. The highest BCUT2D eigenvalue weighted by molar-refractivity contribution is 5.79. The zero-order chi connectivity index (χ0) is 29.7. The number of cyclic esters (lactones) is 1. The Labute approximate surface area is 245 Å². The summed E-state index contributed by atoms with van der Waals surface area (Å²) in [6.45, 7) is 2.06. The lowest BCUT2D eigenvalue weighted by atomic mass is 9.65. The second-order valence-corrected chi connectivity index (χ2v) is 10.7. The minimum Gasteiger partial charge on any atom is -0.502 e. The smallest absolute Gasteiger partial charge is 0.410 e. The molecular formula is C29H30N4O10. The fourth-order valence-corrected chi connectivity index (χ4v) is 6.45. The van der Waals surface area contributed by atoms with E-state index in [-0.39, 0.29) is 49.1 Å². The van der Waals surface area contributed by atoms with Crippen LogP contribution in [0.1, 0.15) is 34.3 Å². The predicted molar refractivity (Wildman–Crippen MR) is 144 cm³/mol. The molecule has 2 aromatic carbocycles. The molecule has 4 atom stereocenters. The molecule has 2 fully saturated rings. The summed E-state index contributed by atoms with van der Waals surface area (Å²) in [5.41, 5.74) is 2.82. The lowest BCUT2D eigenvalue weighted by Crippen LogP contribution is -2.40. The van der Waals surface area contributed by atoms with Crippen molar-refractivity contribution in [3.63, 3.8) is 0 Å². The number of phenolic OH excluding ortho intramolecular Hbond substituents is 1. The summed E-state index contributed by atoms with van der Waals surface area (Å²) in [5.74, 6) is -0.348.